The molecule has 0 heterocycles. The van der Waals surface area contributed by atoms with Crippen molar-refractivity contribution in [3.8, 4) is 5.75 Å². The van der Waals surface area contributed by atoms with Crippen LogP contribution in [0.4, 0.5) is 10.5 Å². The summed E-state index contributed by atoms with van der Waals surface area (Å²) in [5.41, 5.74) is 2.72. The number of sulfonamides is 1. The molecule has 4 aromatic rings. The lowest BCUT2D eigenvalue weighted by Gasteiger charge is -2.15. The first-order valence-electron chi connectivity index (χ1n) is 12.4. The number of nitrogens with one attached hydrogen (secondary N) is 2. The van der Waals surface area contributed by atoms with Crippen LogP contribution in [0.15, 0.2) is 114 Å². The fourth-order valence-electron chi connectivity index (χ4n) is 3.74. The summed E-state index contributed by atoms with van der Waals surface area (Å²) in [5, 5.41) is 11.8. The molecule has 0 aromatic heterocycles. The van der Waals surface area contributed by atoms with Crippen molar-refractivity contribution in [2.24, 2.45) is 0 Å². The number of hydrogen-bond donors (Lipinski definition) is 3. The topological polar surface area (TPSA) is 131 Å². The molecule has 0 fully saturated rings. The van der Waals surface area contributed by atoms with Crippen molar-refractivity contribution in [1.82, 2.24) is 5.32 Å². The summed E-state index contributed by atoms with van der Waals surface area (Å²) in [6, 6.07) is 29.8. The van der Waals surface area contributed by atoms with Gasteiger partial charge in [0.15, 0.2) is 0 Å². The van der Waals surface area contributed by atoms with Crippen molar-refractivity contribution >= 4 is 27.8 Å². The summed E-state index contributed by atoms with van der Waals surface area (Å²) < 4.78 is 38.7. The Hall–Kier alpha value is -4.83. The van der Waals surface area contributed by atoms with Crippen LogP contribution < -0.4 is 14.8 Å². The number of rotatable bonds is 12. The SMILES string of the molecule is O=C(N[C@H](Cc1ccccc1)C(=O)O)OCc1ccc(COc2cccc(NS(=O)(=O)c3ccccc3)c2)cc1. The number of ether oxygens (including phenoxy) is 2. The molecule has 0 aliphatic heterocycles. The summed E-state index contributed by atoms with van der Waals surface area (Å²) in [5.74, 6) is -0.662. The minimum absolute atomic E-state index is 0.0335. The van der Waals surface area contributed by atoms with E-state index in [2.05, 4.69) is 10.0 Å². The van der Waals surface area contributed by atoms with Gasteiger partial charge < -0.3 is 19.9 Å². The molecular formula is C30H28N2O7S. The van der Waals surface area contributed by atoms with Gasteiger partial charge in [-0.15, -0.1) is 0 Å². The van der Waals surface area contributed by atoms with Gasteiger partial charge in [-0.25, -0.2) is 18.0 Å². The Morgan fingerprint density at radius 2 is 1.38 bits per heavy atom. The molecule has 4 aromatic carbocycles. The highest BCUT2D eigenvalue weighted by Gasteiger charge is 2.21. The van der Waals surface area contributed by atoms with Crippen molar-refractivity contribution in [3.05, 3.63) is 126 Å². The summed E-state index contributed by atoms with van der Waals surface area (Å²) in [4.78, 5) is 23.9. The highest BCUT2D eigenvalue weighted by atomic mass is 32.2. The van der Waals surface area contributed by atoms with E-state index in [1.807, 2.05) is 18.2 Å². The van der Waals surface area contributed by atoms with Gasteiger partial charge in [0.2, 0.25) is 0 Å². The summed E-state index contributed by atoms with van der Waals surface area (Å²) >= 11 is 0. The second kappa shape index (κ2) is 13.3. The predicted octanol–water partition coefficient (Wildman–Crippen LogP) is 4.99. The fraction of sp³-hybridized carbons (Fsp3) is 0.133. The lowest BCUT2D eigenvalue weighted by Crippen LogP contribution is -2.42. The number of carboxylic acids is 1. The zero-order chi connectivity index (χ0) is 28.4. The Morgan fingerprint density at radius 1 is 0.750 bits per heavy atom. The van der Waals surface area contributed by atoms with Crippen LogP contribution in [0.1, 0.15) is 16.7 Å². The molecule has 9 nitrogen and oxygen atoms in total. The maximum absolute atomic E-state index is 12.6. The van der Waals surface area contributed by atoms with Crippen molar-refractivity contribution in [2.45, 2.75) is 30.6 Å². The molecule has 1 amide bonds. The van der Waals surface area contributed by atoms with E-state index in [-0.39, 0.29) is 24.5 Å². The Morgan fingerprint density at radius 3 is 2.02 bits per heavy atom. The molecule has 0 unspecified atom stereocenters. The van der Waals surface area contributed by atoms with Gasteiger partial charge in [-0.05, 0) is 41.0 Å². The van der Waals surface area contributed by atoms with E-state index >= 15 is 0 Å². The number of amides is 1. The van der Waals surface area contributed by atoms with Crippen molar-refractivity contribution in [2.75, 3.05) is 4.72 Å². The van der Waals surface area contributed by atoms with Crippen LogP contribution in [-0.4, -0.2) is 31.6 Å². The minimum Gasteiger partial charge on any atom is -0.489 e. The summed E-state index contributed by atoms with van der Waals surface area (Å²) in [6.45, 7) is 0.199. The molecule has 206 valence electrons. The van der Waals surface area contributed by atoms with Crippen LogP contribution in [0.2, 0.25) is 0 Å². The molecule has 1 atom stereocenters. The third-order valence-electron chi connectivity index (χ3n) is 5.81. The lowest BCUT2D eigenvalue weighted by molar-refractivity contribution is -0.139. The van der Waals surface area contributed by atoms with Gasteiger partial charge >= 0.3 is 12.1 Å². The van der Waals surface area contributed by atoms with Gasteiger partial charge in [0.25, 0.3) is 10.0 Å². The number of carbonyl (C=O) groups excluding carboxylic acids is 1. The zero-order valence-corrected chi connectivity index (χ0v) is 22.2. The molecule has 3 N–H and O–H groups in total. The molecular weight excluding hydrogens is 532 g/mol. The second-order valence-corrected chi connectivity index (χ2v) is 10.5. The molecule has 0 bridgehead atoms. The van der Waals surface area contributed by atoms with E-state index in [4.69, 9.17) is 9.47 Å². The molecule has 0 saturated heterocycles. The van der Waals surface area contributed by atoms with Gasteiger partial charge in [-0.2, -0.15) is 0 Å². The van der Waals surface area contributed by atoms with E-state index < -0.39 is 28.1 Å². The average molecular weight is 561 g/mol. The van der Waals surface area contributed by atoms with E-state index in [9.17, 15) is 23.1 Å². The molecule has 40 heavy (non-hydrogen) atoms. The van der Waals surface area contributed by atoms with Crippen molar-refractivity contribution in [1.29, 1.82) is 0 Å². The number of carbonyl (C=O) groups is 2. The van der Waals surface area contributed by atoms with E-state index in [1.54, 1.807) is 78.9 Å². The highest BCUT2D eigenvalue weighted by Crippen LogP contribution is 2.22. The summed E-state index contributed by atoms with van der Waals surface area (Å²) in [6.07, 6.45) is -0.680. The molecule has 0 aliphatic carbocycles. The Kier molecular flexibility index (Phi) is 9.37. The van der Waals surface area contributed by atoms with Crippen molar-refractivity contribution in [3.63, 3.8) is 0 Å². The molecule has 0 spiro atoms. The maximum atomic E-state index is 12.6. The first kappa shape index (κ1) is 28.2. The number of hydrogen-bond acceptors (Lipinski definition) is 6. The van der Waals surface area contributed by atoms with Gasteiger partial charge in [0, 0.05) is 12.5 Å². The zero-order valence-electron chi connectivity index (χ0n) is 21.4. The molecule has 0 saturated carbocycles. The molecule has 10 heteroatoms. The first-order chi connectivity index (χ1) is 19.3. The van der Waals surface area contributed by atoms with E-state index in [0.717, 1.165) is 11.1 Å². The standard InChI is InChI=1S/C30H28N2O7S/c33-29(34)28(18-22-8-3-1-4-9-22)31-30(35)39-21-24-16-14-23(15-17-24)20-38-26-11-7-10-25(19-26)32-40(36,37)27-12-5-2-6-13-27/h1-17,19,28,32H,18,20-21H2,(H,31,35)(H,33,34)/t28-/m1/s1. The van der Waals surface area contributed by atoms with Gasteiger partial charge in [-0.1, -0.05) is 78.9 Å². The average Bonchev–Trinajstić information content (AvgIpc) is 2.96. The predicted molar refractivity (Wildman–Crippen MR) is 149 cm³/mol. The Labute approximate surface area is 232 Å². The van der Waals surface area contributed by atoms with Crippen LogP contribution in [0.25, 0.3) is 0 Å². The van der Waals surface area contributed by atoms with E-state index in [0.29, 0.717) is 17.0 Å². The Balaban J connectivity index is 1.25. The maximum Gasteiger partial charge on any atom is 0.408 e. The number of benzene rings is 4. The van der Waals surface area contributed by atoms with Crippen molar-refractivity contribution < 1.29 is 32.6 Å². The third kappa shape index (κ3) is 8.34. The van der Waals surface area contributed by atoms with Gasteiger partial charge in [-0.3, -0.25) is 4.72 Å². The van der Waals surface area contributed by atoms with E-state index in [1.165, 1.54) is 12.1 Å². The fourth-order valence-corrected chi connectivity index (χ4v) is 4.81. The largest absolute Gasteiger partial charge is 0.489 e. The number of aliphatic carboxylic acids is 1. The number of anilines is 1. The van der Waals surface area contributed by atoms with Crippen LogP contribution in [0.3, 0.4) is 0 Å². The van der Waals surface area contributed by atoms with Crippen LogP contribution in [0.5, 0.6) is 5.75 Å². The number of carboxylic acid groups (broad SMARTS) is 1. The number of alkyl carbamates (subject to hydrolysis) is 1. The lowest BCUT2D eigenvalue weighted by atomic mass is 10.1. The molecule has 4 rings (SSSR count). The molecule has 0 radical (unpaired) electrons. The Bertz CT molecular complexity index is 1530. The quantitative estimate of drug-likeness (QED) is 0.223. The van der Waals surface area contributed by atoms with Crippen LogP contribution in [-0.2, 0) is 39.2 Å². The minimum atomic E-state index is -3.71. The van der Waals surface area contributed by atoms with Gasteiger partial charge in [0.05, 0.1) is 10.6 Å². The highest BCUT2D eigenvalue weighted by molar-refractivity contribution is 7.92. The second-order valence-electron chi connectivity index (χ2n) is 8.85. The van der Waals surface area contributed by atoms with Crippen LogP contribution in [0, 0.1) is 0 Å². The normalized spacial score (nSPS) is 11.7. The summed E-state index contributed by atoms with van der Waals surface area (Å²) in [7, 11) is -3.71. The monoisotopic (exact) mass is 560 g/mol. The molecule has 0 aliphatic rings. The van der Waals surface area contributed by atoms with Gasteiger partial charge in [0.1, 0.15) is 25.0 Å². The first-order valence-corrected chi connectivity index (χ1v) is 13.9. The van der Waals surface area contributed by atoms with Crippen LogP contribution >= 0.6 is 0 Å². The third-order valence-corrected chi connectivity index (χ3v) is 7.21. The smallest absolute Gasteiger partial charge is 0.408 e.